The van der Waals surface area contributed by atoms with Crippen LogP contribution in [0.1, 0.15) is 18.7 Å². The highest BCUT2D eigenvalue weighted by molar-refractivity contribution is 5.54. The Kier molecular flexibility index (Phi) is 4.00. The highest BCUT2D eigenvalue weighted by Crippen LogP contribution is 2.20. The van der Waals surface area contributed by atoms with Crippen molar-refractivity contribution in [2.75, 3.05) is 24.3 Å². The van der Waals surface area contributed by atoms with Crippen molar-refractivity contribution in [3.05, 3.63) is 54.1 Å². The summed E-state index contributed by atoms with van der Waals surface area (Å²) in [6.07, 6.45) is 1.24. The molecule has 2 rings (SSSR count). The Balaban J connectivity index is 2.06. The molecular formula is C15H18FN3. The van der Waals surface area contributed by atoms with Gasteiger partial charge < -0.3 is 10.2 Å². The minimum absolute atomic E-state index is 0.0332. The summed E-state index contributed by atoms with van der Waals surface area (Å²) in [5, 5.41) is 3.34. The number of benzene rings is 1. The van der Waals surface area contributed by atoms with E-state index in [2.05, 4.69) is 15.2 Å². The van der Waals surface area contributed by atoms with Gasteiger partial charge in [-0.15, -0.1) is 0 Å². The van der Waals surface area contributed by atoms with Crippen LogP contribution < -0.4 is 10.2 Å². The Bertz CT molecular complexity index is 520. The first-order valence-electron chi connectivity index (χ1n) is 6.21. The van der Waals surface area contributed by atoms with E-state index in [1.54, 1.807) is 6.07 Å². The van der Waals surface area contributed by atoms with Crippen molar-refractivity contribution in [3.8, 4) is 0 Å². The summed E-state index contributed by atoms with van der Waals surface area (Å²) in [6.45, 7) is 2.00. The average molecular weight is 259 g/mol. The maximum atomic E-state index is 12.8. The molecule has 0 fully saturated rings. The van der Waals surface area contributed by atoms with Crippen molar-refractivity contribution < 1.29 is 4.39 Å². The molecule has 1 atom stereocenters. The van der Waals surface area contributed by atoms with Crippen molar-refractivity contribution in [2.45, 2.75) is 13.0 Å². The zero-order valence-corrected chi connectivity index (χ0v) is 11.4. The van der Waals surface area contributed by atoms with Crippen LogP contribution in [0.15, 0.2) is 42.6 Å². The van der Waals surface area contributed by atoms with Gasteiger partial charge in [0.2, 0.25) is 0 Å². The summed E-state index contributed by atoms with van der Waals surface area (Å²) in [4.78, 5) is 6.12. The SMILES string of the molecule is CC(Nc1ccc(N(C)C)cc1)c1ccc(F)cn1. The third kappa shape index (κ3) is 3.44. The van der Waals surface area contributed by atoms with Crippen LogP contribution in [0.4, 0.5) is 15.8 Å². The molecule has 100 valence electrons. The number of hydrogen-bond acceptors (Lipinski definition) is 3. The third-order valence-corrected chi connectivity index (χ3v) is 2.96. The number of pyridine rings is 1. The van der Waals surface area contributed by atoms with Gasteiger partial charge in [0.25, 0.3) is 0 Å². The first-order valence-corrected chi connectivity index (χ1v) is 6.21. The summed E-state index contributed by atoms with van der Waals surface area (Å²) in [5.41, 5.74) is 2.99. The Labute approximate surface area is 113 Å². The summed E-state index contributed by atoms with van der Waals surface area (Å²) in [5.74, 6) is -0.314. The van der Waals surface area contributed by atoms with Crippen LogP contribution in [0.3, 0.4) is 0 Å². The molecule has 0 aliphatic heterocycles. The summed E-state index contributed by atoms with van der Waals surface area (Å²) in [6, 6.07) is 11.3. The molecule has 0 amide bonds. The number of nitrogens with one attached hydrogen (secondary N) is 1. The molecule has 0 aliphatic rings. The van der Waals surface area contributed by atoms with E-state index in [4.69, 9.17) is 0 Å². The van der Waals surface area contributed by atoms with E-state index in [1.165, 1.54) is 12.3 Å². The smallest absolute Gasteiger partial charge is 0.141 e. The molecule has 0 bridgehead atoms. The second-order valence-corrected chi connectivity index (χ2v) is 4.71. The number of rotatable bonds is 4. The predicted octanol–water partition coefficient (Wildman–Crippen LogP) is 3.46. The zero-order valence-electron chi connectivity index (χ0n) is 11.4. The normalized spacial score (nSPS) is 12.0. The summed E-state index contributed by atoms with van der Waals surface area (Å²) in [7, 11) is 4.01. The van der Waals surface area contributed by atoms with Gasteiger partial charge in [0.15, 0.2) is 0 Å². The number of aromatic nitrogens is 1. The van der Waals surface area contributed by atoms with Gasteiger partial charge in [-0.2, -0.15) is 0 Å². The maximum absolute atomic E-state index is 12.8. The number of nitrogens with zero attached hydrogens (tertiary/aromatic N) is 2. The fourth-order valence-electron chi connectivity index (χ4n) is 1.82. The summed E-state index contributed by atoms with van der Waals surface area (Å²) < 4.78 is 12.8. The predicted molar refractivity (Wildman–Crippen MR) is 77.0 cm³/mol. The largest absolute Gasteiger partial charge is 0.378 e. The Morgan fingerprint density at radius 1 is 1.11 bits per heavy atom. The van der Waals surface area contributed by atoms with Gasteiger partial charge in [0.05, 0.1) is 17.9 Å². The van der Waals surface area contributed by atoms with Crippen molar-refractivity contribution in [1.82, 2.24) is 4.98 Å². The lowest BCUT2D eigenvalue weighted by Gasteiger charge is -2.17. The standard InChI is InChI=1S/C15H18FN3/c1-11(15-9-4-12(16)10-17-15)18-13-5-7-14(8-6-13)19(2)3/h4-11,18H,1-3H3. The van der Waals surface area contributed by atoms with Crippen LogP contribution in [0.5, 0.6) is 0 Å². The molecule has 0 saturated heterocycles. The number of anilines is 2. The second kappa shape index (κ2) is 5.69. The third-order valence-electron chi connectivity index (χ3n) is 2.96. The van der Waals surface area contributed by atoms with Gasteiger partial charge in [-0.1, -0.05) is 0 Å². The second-order valence-electron chi connectivity index (χ2n) is 4.71. The van der Waals surface area contributed by atoms with Crippen LogP contribution in [-0.2, 0) is 0 Å². The molecule has 1 N–H and O–H groups in total. The molecule has 0 spiro atoms. The molecule has 0 saturated carbocycles. The lowest BCUT2D eigenvalue weighted by molar-refractivity contribution is 0.617. The average Bonchev–Trinajstić information content (AvgIpc) is 2.40. The van der Waals surface area contributed by atoms with Crippen molar-refractivity contribution >= 4 is 11.4 Å². The Morgan fingerprint density at radius 2 is 1.79 bits per heavy atom. The topological polar surface area (TPSA) is 28.2 Å². The van der Waals surface area contributed by atoms with Crippen LogP contribution >= 0.6 is 0 Å². The van der Waals surface area contributed by atoms with E-state index in [0.717, 1.165) is 17.1 Å². The molecule has 0 radical (unpaired) electrons. The van der Waals surface area contributed by atoms with E-state index in [1.807, 2.05) is 45.3 Å². The van der Waals surface area contributed by atoms with E-state index < -0.39 is 0 Å². The molecule has 2 aromatic rings. The molecule has 1 heterocycles. The molecule has 1 unspecified atom stereocenters. The molecule has 3 nitrogen and oxygen atoms in total. The first kappa shape index (κ1) is 13.3. The van der Waals surface area contributed by atoms with E-state index in [-0.39, 0.29) is 11.9 Å². The number of hydrogen-bond donors (Lipinski definition) is 1. The summed E-state index contributed by atoms with van der Waals surface area (Å²) >= 11 is 0. The fraction of sp³-hybridized carbons (Fsp3) is 0.267. The monoisotopic (exact) mass is 259 g/mol. The van der Waals surface area contributed by atoms with Crippen LogP contribution in [0.25, 0.3) is 0 Å². The molecule has 4 heteroatoms. The van der Waals surface area contributed by atoms with Gasteiger partial charge >= 0.3 is 0 Å². The Hall–Kier alpha value is -2.10. The minimum atomic E-state index is -0.314. The zero-order chi connectivity index (χ0) is 13.8. The minimum Gasteiger partial charge on any atom is -0.378 e. The van der Waals surface area contributed by atoms with Crippen molar-refractivity contribution in [3.63, 3.8) is 0 Å². The van der Waals surface area contributed by atoms with Gasteiger partial charge in [-0.25, -0.2) is 4.39 Å². The van der Waals surface area contributed by atoms with Crippen molar-refractivity contribution in [1.29, 1.82) is 0 Å². The van der Waals surface area contributed by atoms with Crippen LogP contribution in [0, 0.1) is 5.82 Å². The quantitative estimate of drug-likeness (QED) is 0.911. The molecule has 1 aromatic heterocycles. The lowest BCUT2D eigenvalue weighted by Crippen LogP contribution is -2.10. The fourth-order valence-corrected chi connectivity index (χ4v) is 1.82. The maximum Gasteiger partial charge on any atom is 0.141 e. The molecular weight excluding hydrogens is 241 g/mol. The van der Waals surface area contributed by atoms with E-state index in [9.17, 15) is 4.39 Å². The highest BCUT2D eigenvalue weighted by atomic mass is 19.1. The van der Waals surface area contributed by atoms with E-state index >= 15 is 0 Å². The molecule has 1 aromatic carbocycles. The van der Waals surface area contributed by atoms with Crippen molar-refractivity contribution in [2.24, 2.45) is 0 Å². The van der Waals surface area contributed by atoms with Crippen LogP contribution in [0.2, 0.25) is 0 Å². The molecule has 19 heavy (non-hydrogen) atoms. The Morgan fingerprint density at radius 3 is 2.32 bits per heavy atom. The molecule has 0 aliphatic carbocycles. The van der Waals surface area contributed by atoms with Gasteiger partial charge in [-0.05, 0) is 43.3 Å². The van der Waals surface area contributed by atoms with E-state index in [0.29, 0.717) is 0 Å². The van der Waals surface area contributed by atoms with Gasteiger partial charge in [-0.3, -0.25) is 4.98 Å². The first-order chi connectivity index (χ1) is 9.06. The lowest BCUT2D eigenvalue weighted by atomic mass is 10.2. The van der Waals surface area contributed by atoms with Crippen LogP contribution in [-0.4, -0.2) is 19.1 Å². The highest BCUT2D eigenvalue weighted by Gasteiger charge is 2.07. The van der Waals surface area contributed by atoms with Gasteiger partial charge in [0, 0.05) is 25.5 Å². The van der Waals surface area contributed by atoms with Gasteiger partial charge in [0.1, 0.15) is 5.82 Å². The number of halogens is 1.